The van der Waals surface area contributed by atoms with Gasteiger partial charge in [0.25, 0.3) is 0 Å². The lowest BCUT2D eigenvalue weighted by atomic mass is 9.69. The number of nitriles is 2. The Morgan fingerprint density at radius 2 is 1.59 bits per heavy atom. The van der Waals surface area contributed by atoms with Gasteiger partial charge < -0.3 is 9.64 Å². The van der Waals surface area contributed by atoms with E-state index >= 15 is 0 Å². The molecule has 0 saturated carbocycles. The summed E-state index contributed by atoms with van der Waals surface area (Å²) in [6, 6.07) is 8.92. The minimum absolute atomic E-state index is 0.140. The Balaban J connectivity index is 1.74. The van der Waals surface area contributed by atoms with E-state index in [-0.39, 0.29) is 22.3 Å². The van der Waals surface area contributed by atoms with Crippen LogP contribution in [0, 0.1) is 34.0 Å². The first kappa shape index (κ1) is 24.2. The molecule has 4 nitrogen and oxygen atoms in total. The van der Waals surface area contributed by atoms with Crippen LogP contribution in [0.2, 0.25) is 0 Å². The van der Waals surface area contributed by atoms with Crippen molar-refractivity contribution in [2.45, 2.75) is 78.2 Å². The molecule has 0 aliphatic carbocycles. The molecular formula is C30H37N3O. The second-order valence-corrected chi connectivity index (χ2v) is 12.3. The third kappa shape index (κ3) is 4.39. The summed E-state index contributed by atoms with van der Waals surface area (Å²) >= 11 is 0. The molecule has 1 aromatic carbocycles. The average molecular weight is 456 g/mol. The molecular weight excluding hydrogens is 418 g/mol. The van der Waals surface area contributed by atoms with E-state index < -0.39 is 5.92 Å². The van der Waals surface area contributed by atoms with Crippen molar-refractivity contribution in [2.24, 2.45) is 11.3 Å². The normalized spacial score (nSPS) is 22.9. The molecule has 0 N–H and O–H groups in total. The molecule has 0 radical (unpaired) electrons. The average Bonchev–Trinajstić information content (AvgIpc) is 2.76. The summed E-state index contributed by atoms with van der Waals surface area (Å²) in [4.78, 5) is 2.58. The molecule has 0 fully saturated rings. The first-order valence-electron chi connectivity index (χ1n) is 12.4. The van der Waals surface area contributed by atoms with Crippen LogP contribution in [0.5, 0.6) is 0 Å². The van der Waals surface area contributed by atoms with Gasteiger partial charge in [0.15, 0.2) is 5.92 Å². The highest BCUT2D eigenvalue weighted by Crippen LogP contribution is 2.49. The van der Waals surface area contributed by atoms with Crippen molar-refractivity contribution >= 4 is 11.8 Å². The standard InChI is InChI=1S/C30H37N3O/c1-28(2,3)26-17-21(22(18-31)19-32)16-23(34-26)9-8-20-14-24-27-25(15-20)30(6,7)11-13-33(27)12-10-29(24,4)5/h8-9,14-17,22-23H,10-13H2,1-7H3/b9-8+. The zero-order valence-electron chi connectivity index (χ0n) is 21.7. The first-order chi connectivity index (χ1) is 15.9. The Morgan fingerprint density at radius 3 is 2.09 bits per heavy atom. The molecule has 4 heteroatoms. The zero-order valence-corrected chi connectivity index (χ0v) is 21.7. The number of hydrogen-bond acceptors (Lipinski definition) is 4. The summed E-state index contributed by atoms with van der Waals surface area (Å²) in [6.45, 7) is 17.9. The lowest BCUT2D eigenvalue weighted by molar-refractivity contribution is 0.130. The number of hydrogen-bond donors (Lipinski definition) is 0. The van der Waals surface area contributed by atoms with Gasteiger partial charge in [-0.1, -0.05) is 54.5 Å². The molecule has 0 amide bonds. The zero-order chi connectivity index (χ0) is 24.9. The fourth-order valence-electron chi connectivity index (χ4n) is 5.21. The SMILES string of the molecule is CC(C)(C)C1=CC(C(C#N)C#N)=CC(/C=C/c2cc3c4c(c2)C(C)(C)CCN4CCC3(C)C)O1. The maximum absolute atomic E-state index is 9.45. The van der Waals surface area contributed by atoms with Gasteiger partial charge in [0.1, 0.15) is 11.9 Å². The second-order valence-electron chi connectivity index (χ2n) is 12.3. The van der Waals surface area contributed by atoms with Crippen LogP contribution in [-0.2, 0) is 15.6 Å². The molecule has 3 aliphatic rings. The van der Waals surface area contributed by atoms with Crippen molar-refractivity contribution in [3.63, 3.8) is 0 Å². The largest absolute Gasteiger partial charge is 0.486 e. The van der Waals surface area contributed by atoms with Crippen molar-refractivity contribution in [3.05, 3.63) is 58.4 Å². The smallest absolute Gasteiger partial charge is 0.158 e. The summed E-state index contributed by atoms with van der Waals surface area (Å²) in [6.07, 6.45) is 9.98. The van der Waals surface area contributed by atoms with Crippen molar-refractivity contribution in [2.75, 3.05) is 18.0 Å². The van der Waals surface area contributed by atoms with E-state index in [0.717, 1.165) is 31.7 Å². The number of benzene rings is 1. The molecule has 0 saturated heterocycles. The lowest BCUT2D eigenvalue weighted by Crippen LogP contribution is -2.44. The topological polar surface area (TPSA) is 60.0 Å². The molecule has 0 aromatic heterocycles. The van der Waals surface area contributed by atoms with E-state index in [1.165, 1.54) is 22.4 Å². The molecule has 34 heavy (non-hydrogen) atoms. The monoisotopic (exact) mass is 455 g/mol. The third-order valence-corrected chi connectivity index (χ3v) is 7.65. The van der Waals surface area contributed by atoms with Crippen LogP contribution in [0.1, 0.15) is 78.0 Å². The fourth-order valence-corrected chi connectivity index (χ4v) is 5.21. The van der Waals surface area contributed by atoms with Gasteiger partial charge in [-0.05, 0) is 76.3 Å². The molecule has 1 atom stereocenters. The van der Waals surface area contributed by atoms with Gasteiger partial charge in [-0.15, -0.1) is 0 Å². The Morgan fingerprint density at radius 1 is 1.03 bits per heavy atom. The van der Waals surface area contributed by atoms with Crippen LogP contribution in [0.25, 0.3) is 6.08 Å². The molecule has 3 aliphatic heterocycles. The Labute approximate surface area is 205 Å². The summed E-state index contributed by atoms with van der Waals surface area (Å²) < 4.78 is 6.29. The van der Waals surface area contributed by atoms with Gasteiger partial charge in [-0.25, -0.2) is 0 Å². The van der Waals surface area contributed by atoms with Crippen molar-refractivity contribution < 1.29 is 4.74 Å². The van der Waals surface area contributed by atoms with Gasteiger partial charge >= 0.3 is 0 Å². The van der Waals surface area contributed by atoms with Crippen LogP contribution in [-0.4, -0.2) is 19.2 Å². The molecule has 0 spiro atoms. The van der Waals surface area contributed by atoms with Crippen molar-refractivity contribution in [3.8, 4) is 12.1 Å². The van der Waals surface area contributed by atoms with E-state index in [4.69, 9.17) is 4.74 Å². The molecule has 0 bridgehead atoms. The highest BCUT2D eigenvalue weighted by Gasteiger charge is 2.39. The van der Waals surface area contributed by atoms with Crippen molar-refractivity contribution in [1.29, 1.82) is 10.5 Å². The van der Waals surface area contributed by atoms with E-state index in [1.54, 1.807) is 0 Å². The number of rotatable bonds is 3. The van der Waals surface area contributed by atoms with Crippen molar-refractivity contribution in [1.82, 2.24) is 0 Å². The van der Waals surface area contributed by atoms with Crippen LogP contribution < -0.4 is 4.90 Å². The predicted octanol–water partition coefficient (Wildman–Crippen LogP) is 6.79. The lowest BCUT2D eigenvalue weighted by Gasteiger charge is -2.48. The van der Waals surface area contributed by atoms with Crippen LogP contribution >= 0.6 is 0 Å². The summed E-state index contributed by atoms with van der Waals surface area (Å²) in [5.74, 6) is 0.00605. The Bertz CT molecular complexity index is 1110. The predicted molar refractivity (Wildman–Crippen MR) is 138 cm³/mol. The quantitative estimate of drug-likeness (QED) is 0.503. The van der Waals surface area contributed by atoms with Gasteiger partial charge in [0, 0.05) is 24.2 Å². The highest BCUT2D eigenvalue weighted by atomic mass is 16.5. The Kier molecular flexibility index (Phi) is 5.93. The van der Waals surface area contributed by atoms with E-state index in [2.05, 4.69) is 89.8 Å². The van der Waals surface area contributed by atoms with E-state index in [9.17, 15) is 10.5 Å². The number of anilines is 1. The minimum atomic E-state index is -0.794. The molecule has 178 valence electrons. The van der Waals surface area contributed by atoms with E-state index in [0.29, 0.717) is 5.57 Å². The van der Waals surface area contributed by atoms with Gasteiger partial charge in [0.2, 0.25) is 0 Å². The van der Waals surface area contributed by atoms with Gasteiger partial charge in [0.05, 0.1) is 12.1 Å². The van der Waals surface area contributed by atoms with Crippen LogP contribution in [0.4, 0.5) is 5.69 Å². The summed E-state index contributed by atoms with van der Waals surface area (Å²) in [7, 11) is 0. The van der Waals surface area contributed by atoms with Crippen LogP contribution in [0.3, 0.4) is 0 Å². The molecule has 3 heterocycles. The molecule has 1 aromatic rings. The second kappa shape index (κ2) is 8.35. The fraction of sp³-hybridized carbons (Fsp3) is 0.533. The number of allylic oxidation sites excluding steroid dienone is 3. The molecule has 1 unspecified atom stereocenters. The number of nitrogens with zero attached hydrogens (tertiary/aromatic N) is 3. The summed E-state index contributed by atoms with van der Waals surface area (Å²) in [5.41, 5.74) is 6.29. The number of ether oxygens (including phenoxy) is 1. The molecule has 4 rings (SSSR count). The van der Waals surface area contributed by atoms with Crippen LogP contribution in [0.15, 0.2) is 41.7 Å². The summed E-state index contributed by atoms with van der Waals surface area (Å²) in [5, 5.41) is 18.9. The maximum atomic E-state index is 9.45. The third-order valence-electron chi connectivity index (χ3n) is 7.65. The first-order valence-corrected chi connectivity index (χ1v) is 12.4. The van der Waals surface area contributed by atoms with E-state index in [1.807, 2.05) is 12.2 Å². The van der Waals surface area contributed by atoms with Gasteiger partial charge in [-0.2, -0.15) is 10.5 Å². The highest BCUT2D eigenvalue weighted by molar-refractivity contribution is 5.71. The Hall–Kier alpha value is -2.98. The van der Waals surface area contributed by atoms with Gasteiger partial charge in [-0.3, -0.25) is 0 Å². The minimum Gasteiger partial charge on any atom is -0.486 e. The maximum Gasteiger partial charge on any atom is 0.158 e.